The zero-order valence-electron chi connectivity index (χ0n) is 12.4. The van der Waals surface area contributed by atoms with Crippen molar-refractivity contribution in [3.63, 3.8) is 0 Å². The number of amides is 2. The quantitative estimate of drug-likeness (QED) is 0.927. The molecule has 1 saturated heterocycles. The molecule has 122 valence electrons. The first kappa shape index (κ1) is 15.6. The SMILES string of the molecule is O=C(Nc1ccco1)N1CCN(S(=O)(=O)c2ccccc2)CC1. The molecule has 1 aliphatic rings. The molecule has 2 amide bonds. The van der Waals surface area contributed by atoms with Gasteiger partial charge in [-0.05, 0) is 18.2 Å². The van der Waals surface area contributed by atoms with Gasteiger partial charge in [0, 0.05) is 32.2 Å². The largest absolute Gasteiger partial charge is 0.449 e. The molecule has 23 heavy (non-hydrogen) atoms. The van der Waals surface area contributed by atoms with Crippen molar-refractivity contribution in [1.29, 1.82) is 0 Å². The average Bonchev–Trinajstić information content (AvgIpc) is 3.09. The van der Waals surface area contributed by atoms with E-state index in [0.29, 0.717) is 19.0 Å². The summed E-state index contributed by atoms with van der Waals surface area (Å²) in [5.41, 5.74) is 0. The summed E-state index contributed by atoms with van der Waals surface area (Å²) in [4.78, 5) is 13.9. The second-order valence-electron chi connectivity index (χ2n) is 5.11. The van der Waals surface area contributed by atoms with E-state index < -0.39 is 10.0 Å². The number of rotatable bonds is 3. The van der Waals surface area contributed by atoms with Crippen molar-refractivity contribution in [2.75, 3.05) is 31.5 Å². The first-order chi connectivity index (χ1) is 11.1. The molecular formula is C15H17N3O4S. The van der Waals surface area contributed by atoms with Crippen LogP contribution in [0.4, 0.5) is 10.7 Å². The van der Waals surface area contributed by atoms with E-state index in [9.17, 15) is 13.2 Å². The van der Waals surface area contributed by atoms with Gasteiger partial charge in [0.05, 0.1) is 11.2 Å². The van der Waals surface area contributed by atoms with Gasteiger partial charge in [-0.15, -0.1) is 0 Å². The van der Waals surface area contributed by atoms with Gasteiger partial charge in [0.1, 0.15) is 0 Å². The van der Waals surface area contributed by atoms with Gasteiger partial charge in [-0.1, -0.05) is 18.2 Å². The van der Waals surface area contributed by atoms with Crippen LogP contribution in [0.25, 0.3) is 0 Å². The van der Waals surface area contributed by atoms with E-state index in [0.717, 1.165) is 0 Å². The number of nitrogens with one attached hydrogen (secondary N) is 1. The molecule has 0 spiro atoms. The summed E-state index contributed by atoms with van der Waals surface area (Å²) < 4.78 is 31.5. The second-order valence-corrected chi connectivity index (χ2v) is 7.05. The van der Waals surface area contributed by atoms with Gasteiger partial charge < -0.3 is 9.32 Å². The van der Waals surface area contributed by atoms with E-state index in [1.807, 2.05) is 0 Å². The highest BCUT2D eigenvalue weighted by Gasteiger charge is 2.30. The molecule has 3 rings (SSSR count). The number of urea groups is 1. The number of furan rings is 1. The normalized spacial score (nSPS) is 16.3. The van der Waals surface area contributed by atoms with Crippen molar-refractivity contribution < 1.29 is 17.6 Å². The lowest BCUT2D eigenvalue weighted by molar-refractivity contribution is 0.184. The molecule has 0 aliphatic carbocycles. The Balaban J connectivity index is 1.61. The Hall–Kier alpha value is -2.32. The lowest BCUT2D eigenvalue weighted by Crippen LogP contribution is -2.51. The maximum atomic E-state index is 12.5. The lowest BCUT2D eigenvalue weighted by atomic mass is 10.4. The minimum Gasteiger partial charge on any atom is -0.449 e. The maximum absolute atomic E-state index is 12.5. The Labute approximate surface area is 134 Å². The Morgan fingerprint density at radius 1 is 1.00 bits per heavy atom. The topological polar surface area (TPSA) is 82.9 Å². The highest BCUT2D eigenvalue weighted by Crippen LogP contribution is 2.17. The summed E-state index contributed by atoms with van der Waals surface area (Å²) in [6.07, 6.45) is 1.47. The second kappa shape index (κ2) is 6.43. The summed E-state index contributed by atoms with van der Waals surface area (Å²) in [7, 11) is -3.50. The third kappa shape index (κ3) is 3.38. The molecule has 0 bridgehead atoms. The van der Waals surface area contributed by atoms with Gasteiger partial charge in [-0.2, -0.15) is 4.31 Å². The van der Waals surface area contributed by atoms with Crippen molar-refractivity contribution in [1.82, 2.24) is 9.21 Å². The number of hydrogen-bond acceptors (Lipinski definition) is 4. The van der Waals surface area contributed by atoms with Gasteiger partial charge in [-0.3, -0.25) is 5.32 Å². The summed E-state index contributed by atoms with van der Waals surface area (Å²) in [6, 6.07) is 11.3. The molecule has 0 saturated carbocycles. The zero-order valence-corrected chi connectivity index (χ0v) is 13.2. The van der Waals surface area contributed by atoms with Crippen LogP contribution in [0.5, 0.6) is 0 Å². The van der Waals surface area contributed by atoms with Crippen molar-refractivity contribution in [2.45, 2.75) is 4.90 Å². The van der Waals surface area contributed by atoms with Crippen LogP contribution in [0.15, 0.2) is 58.0 Å². The Morgan fingerprint density at radius 3 is 2.30 bits per heavy atom. The predicted octanol–water partition coefficient (Wildman–Crippen LogP) is 1.82. The number of anilines is 1. The van der Waals surface area contributed by atoms with E-state index in [2.05, 4.69) is 5.32 Å². The van der Waals surface area contributed by atoms with Gasteiger partial charge >= 0.3 is 6.03 Å². The van der Waals surface area contributed by atoms with Crippen molar-refractivity contribution in [3.05, 3.63) is 48.7 Å². The summed E-state index contributed by atoms with van der Waals surface area (Å²) >= 11 is 0. The number of nitrogens with zero attached hydrogens (tertiary/aromatic N) is 2. The number of carbonyl (C=O) groups is 1. The Kier molecular flexibility index (Phi) is 4.35. The van der Waals surface area contributed by atoms with E-state index in [-0.39, 0.29) is 24.0 Å². The van der Waals surface area contributed by atoms with Crippen molar-refractivity contribution in [3.8, 4) is 0 Å². The number of sulfonamides is 1. The molecule has 0 radical (unpaired) electrons. The van der Waals surface area contributed by atoms with Crippen molar-refractivity contribution in [2.24, 2.45) is 0 Å². The molecule has 1 fully saturated rings. The minimum atomic E-state index is -3.50. The highest BCUT2D eigenvalue weighted by molar-refractivity contribution is 7.89. The van der Waals surface area contributed by atoms with E-state index >= 15 is 0 Å². The summed E-state index contributed by atoms with van der Waals surface area (Å²) in [6.45, 7) is 1.20. The first-order valence-corrected chi connectivity index (χ1v) is 8.66. The van der Waals surface area contributed by atoms with E-state index in [1.165, 1.54) is 10.6 Å². The molecule has 2 heterocycles. The number of carbonyl (C=O) groups excluding carboxylic acids is 1. The number of hydrogen-bond donors (Lipinski definition) is 1. The first-order valence-electron chi connectivity index (χ1n) is 7.22. The fourth-order valence-corrected chi connectivity index (χ4v) is 3.85. The molecule has 1 aromatic carbocycles. The van der Waals surface area contributed by atoms with Gasteiger partial charge in [0.2, 0.25) is 15.9 Å². The van der Waals surface area contributed by atoms with Gasteiger partial charge in [0.15, 0.2) is 0 Å². The van der Waals surface area contributed by atoms with E-state index in [4.69, 9.17) is 4.42 Å². The van der Waals surface area contributed by atoms with Crippen LogP contribution < -0.4 is 5.32 Å². The monoisotopic (exact) mass is 335 g/mol. The molecule has 1 aliphatic heterocycles. The lowest BCUT2D eigenvalue weighted by Gasteiger charge is -2.33. The van der Waals surface area contributed by atoms with Crippen LogP contribution in [0.2, 0.25) is 0 Å². The fraction of sp³-hybridized carbons (Fsp3) is 0.267. The predicted molar refractivity (Wildman–Crippen MR) is 84.5 cm³/mol. The molecule has 2 aromatic rings. The van der Waals surface area contributed by atoms with Gasteiger partial charge in [-0.25, -0.2) is 13.2 Å². The molecule has 0 unspecified atom stereocenters. The summed E-state index contributed by atoms with van der Waals surface area (Å²) in [5, 5.41) is 2.63. The molecular weight excluding hydrogens is 318 g/mol. The molecule has 7 nitrogen and oxygen atoms in total. The van der Waals surface area contributed by atoms with Crippen LogP contribution in [-0.2, 0) is 10.0 Å². The molecule has 1 aromatic heterocycles. The Morgan fingerprint density at radius 2 is 1.70 bits per heavy atom. The van der Waals surface area contributed by atoms with Crippen LogP contribution in [-0.4, -0.2) is 49.8 Å². The zero-order chi connectivity index (χ0) is 16.3. The van der Waals surface area contributed by atoms with E-state index in [1.54, 1.807) is 47.4 Å². The third-order valence-corrected chi connectivity index (χ3v) is 5.57. The smallest absolute Gasteiger partial charge is 0.324 e. The number of benzene rings is 1. The number of piperazine rings is 1. The van der Waals surface area contributed by atoms with Crippen LogP contribution in [0.3, 0.4) is 0 Å². The van der Waals surface area contributed by atoms with Crippen LogP contribution >= 0.6 is 0 Å². The maximum Gasteiger partial charge on any atom is 0.324 e. The standard InChI is InChI=1S/C15H17N3O4S/c19-15(16-14-7-4-12-22-14)17-8-10-18(11-9-17)23(20,21)13-5-2-1-3-6-13/h1-7,12H,8-11H2,(H,16,19). The third-order valence-electron chi connectivity index (χ3n) is 3.66. The van der Waals surface area contributed by atoms with Crippen LogP contribution in [0, 0.1) is 0 Å². The van der Waals surface area contributed by atoms with Crippen molar-refractivity contribution >= 4 is 21.9 Å². The van der Waals surface area contributed by atoms with Gasteiger partial charge in [0.25, 0.3) is 0 Å². The Bertz CT molecular complexity index is 751. The molecule has 1 N–H and O–H groups in total. The molecule has 0 atom stereocenters. The minimum absolute atomic E-state index is 0.267. The van der Waals surface area contributed by atoms with Crippen LogP contribution in [0.1, 0.15) is 0 Å². The highest BCUT2D eigenvalue weighted by atomic mass is 32.2. The average molecular weight is 335 g/mol. The summed E-state index contributed by atoms with van der Waals surface area (Å²) in [5.74, 6) is 0.370. The fourth-order valence-electron chi connectivity index (χ4n) is 2.41. The molecule has 8 heteroatoms.